The average Bonchev–Trinajstić information content (AvgIpc) is 2.65. The van der Waals surface area contributed by atoms with Gasteiger partial charge in [-0.1, -0.05) is 6.92 Å². The Morgan fingerprint density at radius 3 is 2.62 bits per heavy atom. The quantitative estimate of drug-likeness (QED) is 0.824. The number of rotatable bonds is 3. The summed E-state index contributed by atoms with van der Waals surface area (Å²) >= 11 is 0. The van der Waals surface area contributed by atoms with Crippen LogP contribution in [-0.2, 0) is 13.5 Å². The van der Waals surface area contributed by atoms with Crippen LogP contribution in [0.5, 0.6) is 0 Å². The molecular formula is C12H21N3O. The lowest BCUT2D eigenvalue weighted by molar-refractivity contribution is -0.0212. The average molecular weight is 223 g/mol. The van der Waals surface area contributed by atoms with Gasteiger partial charge in [0.1, 0.15) is 5.82 Å². The van der Waals surface area contributed by atoms with E-state index >= 15 is 0 Å². The van der Waals surface area contributed by atoms with Crippen molar-refractivity contribution in [3.63, 3.8) is 0 Å². The zero-order valence-corrected chi connectivity index (χ0v) is 10.2. The van der Waals surface area contributed by atoms with E-state index in [2.05, 4.69) is 16.8 Å². The fourth-order valence-electron chi connectivity index (χ4n) is 2.32. The van der Waals surface area contributed by atoms with Crippen molar-refractivity contribution >= 4 is 0 Å². The van der Waals surface area contributed by atoms with E-state index in [1.165, 1.54) is 0 Å². The first-order valence-corrected chi connectivity index (χ1v) is 6.04. The van der Waals surface area contributed by atoms with Gasteiger partial charge in [-0.15, -0.1) is 0 Å². The summed E-state index contributed by atoms with van der Waals surface area (Å²) in [7, 11) is 1.98. The Bertz CT molecular complexity index is 340. The van der Waals surface area contributed by atoms with Crippen molar-refractivity contribution < 1.29 is 5.11 Å². The monoisotopic (exact) mass is 223 g/mol. The van der Waals surface area contributed by atoms with Crippen LogP contribution >= 0.6 is 0 Å². The van der Waals surface area contributed by atoms with E-state index in [1.54, 1.807) is 6.20 Å². The number of likely N-dealkylation sites (tertiary alicyclic amines) is 1. The van der Waals surface area contributed by atoms with Crippen molar-refractivity contribution in [3.05, 3.63) is 18.2 Å². The van der Waals surface area contributed by atoms with Crippen molar-refractivity contribution in [1.29, 1.82) is 0 Å². The summed E-state index contributed by atoms with van der Waals surface area (Å²) in [5, 5.41) is 10.5. The van der Waals surface area contributed by atoms with Crippen molar-refractivity contribution in [2.24, 2.45) is 7.05 Å². The zero-order valence-electron chi connectivity index (χ0n) is 10.2. The highest BCUT2D eigenvalue weighted by molar-refractivity contribution is 4.99. The number of aliphatic hydroxyl groups is 1. The maximum atomic E-state index is 10.5. The molecule has 0 amide bonds. The fraction of sp³-hybridized carbons (Fsp3) is 0.750. The lowest BCUT2D eigenvalue weighted by Crippen LogP contribution is -2.45. The van der Waals surface area contributed by atoms with Gasteiger partial charge in [0.2, 0.25) is 0 Å². The number of hydrogen-bond donors (Lipinski definition) is 1. The van der Waals surface area contributed by atoms with Crippen molar-refractivity contribution in [3.8, 4) is 0 Å². The molecule has 0 unspecified atom stereocenters. The van der Waals surface area contributed by atoms with Gasteiger partial charge < -0.3 is 14.6 Å². The summed E-state index contributed by atoms with van der Waals surface area (Å²) in [6.45, 7) is 5.25. The standard InChI is InChI=1S/C12H21N3O/c1-3-15-7-4-12(16,5-8-15)10-11-13-6-9-14(11)2/h6,9,16H,3-5,7-8,10H2,1-2H3. The molecule has 4 heteroatoms. The summed E-state index contributed by atoms with van der Waals surface area (Å²) in [5.74, 6) is 0.979. The summed E-state index contributed by atoms with van der Waals surface area (Å²) in [5.41, 5.74) is -0.551. The topological polar surface area (TPSA) is 41.3 Å². The maximum absolute atomic E-state index is 10.5. The minimum absolute atomic E-state index is 0.551. The summed E-state index contributed by atoms with van der Waals surface area (Å²) in [6.07, 6.45) is 6.11. The molecule has 1 fully saturated rings. The molecule has 1 saturated heterocycles. The highest BCUT2D eigenvalue weighted by Crippen LogP contribution is 2.25. The molecule has 0 saturated carbocycles. The van der Waals surface area contributed by atoms with Gasteiger partial charge in [0, 0.05) is 39.0 Å². The van der Waals surface area contributed by atoms with Gasteiger partial charge in [-0.3, -0.25) is 0 Å². The molecule has 2 heterocycles. The molecule has 0 aromatic carbocycles. The van der Waals surface area contributed by atoms with Crippen LogP contribution in [0.2, 0.25) is 0 Å². The fourth-order valence-corrected chi connectivity index (χ4v) is 2.32. The van der Waals surface area contributed by atoms with E-state index < -0.39 is 5.60 Å². The van der Waals surface area contributed by atoms with Gasteiger partial charge in [0.05, 0.1) is 5.60 Å². The Kier molecular flexibility index (Phi) is 3.30. The molecule has 16 heavy (non-hydrogen) atoms. The van der Waals surface area contributed by atoms with Crippen LogP contribution in [0.3, 0.4) is 0 Å². The number of hydrogen-bond acceptors (Lipinski definition) is 3. The van der Waals surface area contributed by atoms with Crippen LogP contribution in [0.25, 0.3) is 0 Å². The van der Waals surface area contributed by atoms with E-state index in [-0.39, 0.29) is 0 Å². The molecule has 0 radical (unpaired) electrons. The minimum atomic E-state index is -0.551. The summed E-state index contributed by atoms with van der Waals surface area (Å²) in [4.78, 5) is 6.67. The van der Waals surface area contributed by atoms with Crippen LogP contribution in [-0.4, -0.2) is 44.8 Å². The van der Waals surface area contributed by atoms with Crippen molar-refractivity contribution in [2.45, 2.75) is 31.8 Å². The first-order valence-electron chi connectivity index (χ1n) is 6.04. The Labute approximate surface area is 96.9 Å². The Balaban J connectivity index is 1.97. The first kappa shape index (κ1) is 11.6. The highest BCUT2D eigenvalue weighted by atomic mass is 16.3. The molecule has 0 bridgehead atoms. The molecule has 90 valence electrons. The molecule has 1 aromatic heterocycles. The minimum Gasteiger partial charge on any atom is -0.389 e. The normalized spacial score (nSPS) is 21.2. The molecule has 0 aliphatic carbocycles. The van der Waals surface area contributed by atoms with Crippen molar-refractivity contribution in [2.75, 3.05) is 19.6 Å². The van der Waals surface area contributed by atoms with Crippen LogP contribution in [0.4, 0.5) is 0 Å². The van der Waals surface area contributed by atoms with Gasteiger partial charge in [-0.05, 0) is 19.4 Å². The van der Waals surface area contributed by atoms with Gasteiger partial charge >= 0.3 is 0 Å². The van der Waals surface area contributed by atoms with Gasteiger partial charge in [-0.2, -0.15) is 0 Å². The molecule has 1 aliphatic heterocycles. The van der Waals surface area contributed by atoms with Crippen molar-refractivity contribution in [1.82, 2.24) is 14.5 Å². The number of piperidine rings is 1. The van der Waals surface area contributed by atoms with E-state index in [0.29, 0.717) is 6.42 Å². The van der Waals surface area contributed by atoms with E-state index in [9.17, 15) is 5.11 Å². The smallest absolute Gasteiger partial charge is 0.111 e. The molecular weight excluding hydrogens is 202 g/mol. The zero-order chi connectivity index (χ0) is 11.6. The third kappa shape index (κ3) is 2.44. The van der Waals surface area contributed by atoms with Crippen LogP contribution in [0.1, 0.15) is 25.6 Å². The lowest BCUT2D eigenvalue weighted by Gasteiger charge is -2.37. The second-order valence-electron chi connectivity index (χ2n) is 4.79. The second kappa shape index (κ2) is 4.55. The predicted molar refractivity (Wildman–Crippen MR) is 63.2 cm³/mol. The Morgan fingerprint density at radius 2 is 2.12 bits per heavy atom. The number of aryl methyl sites for hydroxylation is 1. The first-order chi connectivity index (χ1) is 7.63. The summed E-state index contributed by atoms with van der Waals surface area (Å²) < 4.78 is 1.99. The largest absolute Gasteiger partial charge is 0.389 e. The van der Waals surface area contributed by atoms with E-state index in [1.807, 2.05) is 17.8 Å². The molecule has 1 aromatic rings. The third-order valence-corrected chi connectivity index (χ3v) is 3.64. The lowest BCUT2D eigenvalue weighted by atomic mass is 9.88. The number of imidazole rings is 1. The Morgan fingerprint density at radius 1 is 1.44 bits per heavy atom. The molecule has 0 atom stereocenters. The molecule has 4 nitrogen and oxygen atoms in total. The molecule has 1 aliphatic rings. The highest BCUT2D eigenvalue weighted by Gasteiger charge is 2.32. The summed E-state index contributed by atoms with van der Waals surface area (Å²) in [6, 6.07) is 0. The second-order valence-corrected chi connectivity index (χ2v) is 4.79. The SMILES string of the molecule is CCN1CCC(O)(Cc2nccn2C)CC1. The maximum Gasteiger partial charge on any atom is 0.111 e. The molecule has 1 N–H and O–H groups in total. The van der Waals surface area contributed by atoms with E-state index in [4.69, 9.17) is 0 Å². The number of nitrogens with zero attached hydrogens (tertiary/aromatic N) is 3. The van der Waals surface area contributed by atoms with Crippen LogP contribution < -0.4 is 0 Å². The molecule has 2 rings (SSSR count). The van der Waals surface area contributed by atoms with Crippen LogP contribution in [0.15, 0.2) is 12.4 Å². The Hall–Kier alpha value is -0.870. The van der Waals surface area contributed by atoms with Gasteiger partial charge in [0.25, 0.3) is 0 Å². The van der Waals surface area contributed by atoms with Gasteiger partial charge in [0.15, 0.2) is 0 Å². The van der Waals surface area contributed by atoms with Gasteiger partial charge in [-0.25, -0.2) is 4.98 Å². The third-order valence-electron chi connectivity index (χ3n) is 3.64. The number of aromatic nitrogens is 2. The molecule has 0 spiro atoms. The van der Waals surface area contributed by atoms with E-state index in [0.717, 1.165) is 38.3 Å². The van der Waals surface area contributed by atoms with Crippen LogP contribution in [0, 0.1) is 0 Å². The predicted octanol–water partition coefficient (Wildman–Crippen LogP) is 0.809.